The summed E-state index contributed by atoms with van der Waals surface area (Å²) in [5.74, 6) is -2.38. The quantitative estimate of drug-likeness (QED) is 0.688. The Bertz CT molecular complexity index is 1240. The molecule has 2 aliphatic heterocycles. The molecule has 3 aromatic rings. The Hall–Kier alpha value is -3.11. The molecule has 2 aromatic heterocycles. The van der Waals surface area contributed by atoms with Crippen LogP contribution in [0.3, 0.4) is 0 Å². The molecule has 4 heterocycles. The zero-order chi connectivity index (χ0) is 21.0. The highest BCUT2D eigenvalue weighted by Crippen LogP contribution is 2.31. The van der Waals surface area contributed by atoms with Gasteiger partial charge in [-0.1, -0.05) is 6.07 Å². The fourth-order valence-electron chi connectivity index (χ4n) is 3.75. The number of carbonyl (C=O) groups excluding carboxylic acids is 1. The number of hydrogen-bond acceptors (Lipinski definition) is 6. The molecule has 10 heteroatoms. The predicted molar refractivity (Wildman–Crippen MR) is 103 cm³/mol. The Morgan fingerprint density at radius 2 is 2.13 bits per heavy atom. The highest BCUT2D eigenvalue weighted by molar-refractivity contribution is 7.15. The number of aromatic nitrogens is 2. The topological polar surface area (TPSA) is 84.7 Å². The van der Waals surface area contributed by atoms with Gasteiger partial charge in [-0.2, -0.15) is 0 Å². The first-order valence-corrected chi connectivity index (χ1v) is 10.0. The second kappa shape index (κ2) is 6.99. The van der Waals surface area contributed by atoms with Crippen LogP contribution in [0.2, 0.25) is 0 Å². The zero-order valence-electron chi connectivity index (χ0n) is 15.5. The third kappa shape index (κ3) is 2.99. The van der Waals surface area contributed by atoms with Gasteiger partial charge in [-0.3, -0.25) is 9.59 Å². The zero-order valence-corrected chi connectivity index (χ0v) is 16.3. The van der Waals surface area contributed by atoms with E-state index in [-0.39, 0.29) is 17.7 Å². The van der Waals surface area contributed by atoms with Crippen molar-refractivity contribution in [3.63, 3.8) is 0 Å². The summed E-state index contributed by atoms with van der Waals surface area (Å²) < 4.78 is 34.1. The normalized spacial score (nSPS) is 17.9. The SMILES string of the molecule is O=C1c2c(O)c(=O)c(-c3ncc(Cc4ccc(F)cc4F)s3)cn2CC2OCCN12. The number of aromatic hydroxyl groups is 1. The van der Waals surface area contributed by atoms with E-state index in [1.54, 1.807) is 0 Å². The summed E-state index contributed by atoms with van der Waals surface area (Å²) in [7, 11) is 0. The largest absolute Gasteiger partial charge is 0.503 e. The van der Waals surface area contributed by atoms with E-state index in [1.165, 1.54) is 34.0 Å². The maximum Gasteiger partial charge on any atom is 0.276 e. The Kier molecular flexibility index (Phi) is 4.40. The molecule has 1 saturated heterocycles. The molecule has 0 spiro atoms. The minimum atomic E-state index is -0.693. The first-order valence-electron chi connectivity index (χ1n) is 9.20. The molecule has 0 bridgehead atoms. The van der Waals surface area contributed by atoms with Crippen molar-refractivity contribution in [2.75, 3.05) is 13.2 Å². The van der Waals surface area contributed by atoms with Crippen molar-refractivity contribution >= 4 is 17.2 Å². The molecular weight excluding hydrogens is 416 g/mol. The first-order chi connectivity index (χ1) is 14.4. The van der Waals surface area contributed by atoms with Crippen molar-refractivity contribution in [2.24, 2.45) is 0 Å². The van der Waals surface area contributed by atoms with Gasteiger partial charge in [0.25, 0.3) is 5.91 Å². The number of hydrogen-bond donors (Lipinski definition) is 1. The average molecular weight is 431 g/mol. The van der Waals surface area contributed by atoms with Gasteiger partial charge in [0.05, 0.1) is 18.7 Å². The minimum Gasteiger partial charge on any atom is -0.503 e. The van der Waals surface area contributed by atoms with Crippen LogP contribution in [-0.2, 0) is 17.7 Å². The monoisotopic (exact) mass is 431 g/mol. The lowest BCUT2D eigenvalue weighted by Crippen LogP contribution is -2.45. The Balaban J connectivity index is 1.51. The number of pyridine rings is 1. The van der Waals surface area contributed by atoms with Gasteiger partial charge in [0.2, 0.25) is 5.43 Å². The third-order valence-corrected chi connectivity index (χ3v) is 6.26. The van der Waals surface area contributed by atoms with Crippen molar-refractivity contribution < 1.29 is 23.4 Å². The molecule has 1 aromatic carbocycles. The molecule has 0 saturated carbocycles. The fourth-order valence-corrected chi connectivity index (χ4v) is 4.69. The number of benzene rings is 1. The standard InChI is InChI=1S/C20H15F2N3O4S/c21-11-2-1-10(14(22)6-11)5-12-7-23-19(30-12)13-8-24-9-15-25(3-4-29-15)20(28)16(24)18(27)17(13)26/h1-2,6-8,15,27H,3-5,9H2. The number of amides is 1. The number of nitrogens with zero attached hydrogens (tertiary/aromatic N) is 3. The highest BCUT2D eigenvalue weighted by atomic mass is 32.1. The lowest BCUT2D eigenvalue weighted by molar-refractivity contribution is 0.00859. The van der Waals surface area contributed by atoms with Crippen LogP contribution < -0.4 is 5.43 Å². The highest BCUT2D eigenvalue weighted by Gasteiger charge is 2.39. The molecule has 154 valence electrons. The molecule has 2 aliphatic rings. The van der Waals surface area contributed by atoms with Crippen LogP contribution in [0, 0.1) is 11.6 Å². The number of halogens is 2. The van der Waals surface area contributed by atoms with Crippen LogP contribution in [0.25, 0.3) is 10.6 Å². The van der Waals surface area contributed by atoms with Gasteiger partial charge in [-0.05, 0) is 11.6 Å². The van der Waals surface area contributed by atoms with Crippen molar-refractivity contribution in [1.29, 1.82) is 0 Å². The first kappa shape index (κ1) is 18.9. The molecule has 1 amide bonds. The summed E-state index contributed by atoms with van der Waals surface area (Å²) >= 11 is 1.16. The van der Waals surface area contributed by atoms with Gasteiger partial charge in [-0.15, -0.1) is 11.3 Å². The molecule has 1 N–H and O–H groups in total. The molecule has 0 aliphatic carbocycles. The van der Waals surface area contributed by atoms with E-state index in [0.717, 1.165) is 17.4 Å². The number of rotatable bonds is 3. The number of thiazole rings is 1. The number of ether oxygens (including phenoxy) is 1. The lowest BCUT2D eigenvalue weighted by Gasteiger charge is -2.31. The predicted octanol–water partition coefficient (Wildman–Crippen LogP) is 2.36. The van der Waals surface area contributed by atoms with E-state index in [0.29, 0.717) is 35.1 Å². The molecule has 0 radical (unpaired) electrons. The second-order valence-electron chi connectivity index (χ2n) is 7.09. The van der Waals surface area contributed by atoms with Crippen molar-refractivity contribution in [3.8, 4) is 16.3 Å². The maximum atomic E-state index is 13.9. The summed E-state index contributed by atoms with van der Waals surface area (Å²) in [5.41, 5.74) is -0.301. The van der Waals surface area contributed by atoms with Gasteiger partial charge in [0.1, 0.15) is 16.6 Å². The smallest absolute Gasteiger partial charge is 0.276 e. The number of carbonyl (C=O) groups is 1. The van der Waals surface area contributed by atoms with Gasteiger partial charge in [-0.25, -0.2) is 13.8 Å². The van der Waals surface area contributed by atoms with E-state index in [4.69, 9.17) is 4.74 Å². The van der Waals surface area contributed by atoms with Crippen LogP contribution in [0.1, 0.15) is 20.9 Å². The van der Waals surface area contributed by atoms with Crippen LogP contribution >= 0.6 is 11.3 Å². The molecule has 7 nitrogen and oxygen atoms in total. The van der Waals surface area contributed by atoms with Crippen LogP contribution in [0.4, 0.5) is 8.78 Å². The molecule has 1 atom stereocenters. The summed E-state index contributed by atoms with van der Waals surface area (Å²) in [6, 6.07) is 3.36. The summed E-state index contributed by atoms with van der Waals surface area (Å²) in [6.45, 7) is 1.11. The van der Waals surface area contributed by atoms with Crippen LogP contribution in [-0.4, -0.2) is 44.8 Å². The van der Waals surface area contributed by atoms with Crippen LogP contribution in [0.15, 0.2) is 35.4 Å². The number of fused-ring (bicyclic) bond motifs is 2. The Labute approximate surface area is 172 Å². The van der Waals surface area contributed by atoms with Crippen molar-refractivity contribution in [3.05, 3.63) is 68.6 Å². The maximum absolute atomic E-state index is 13.9. The van der Waals surface area contributed by atoms with Gasteiger partial charge in [0, 0.05) is 36.3 Å². The van der Waals surface area contributed by atoms with E-state index in [2.05, 4.69) is 4.98 Å². The minimum absolute atomic E-state index is 0.0596. The average Bonchev–Trinajstić information content (AvgIpc) is 3.36. The Morgan fingerprint density at radius 1 is 1.30 bits per heavy atom. The van der Waals surface area contributed by atoms with Gasteiger partial charge in [0.15, 0.2) is 17.7 Å². The molecule has 5 rings (SSSR count). The van der Waals surface area contributed by atoms with E-state index in [9.17, 15) is 23.5 Å². The van der Waals surface area contributed by atoms with Gasteiger partial charge >= 0.3 is 0 Å². The van der Waals surface area contributed by atoms with E-state index >= 15 is 0 Å². The second-order valence-corrected chi connectivity index (χ2v) is 8.20. The van der Waals surface area contributed by atoms with Crippen molar-refractivity contribution in [2.45, 2.75) is 19.2 Å². The molecule has 30 heavy (non-hydrogen) atoms. The van der Waals surface area contributed by atoms with E-state index in [1.807, 2.05) is 0 Å². The van der Waals surface area contributed by atoms with Crippen molar-refractivity contribution in [1.82, 2.24) is 14.5 Å². The van der Waals surface area contributed by atoms with Crippen LogP contribution in [0.5, 0.6) is 5.75 Å². The molecule has 1 unspecified atom stereocenters. The molecule has 1 fully saturated rings. The lowest BCUT2D eigenvalue weighted by atomic mass is 10.1. The fraction of sp³-hybridized carbons (Fsp3) is 0.250. The summed E-state index contributed by atoms with van der Waals surface area (Å²) in [6.07, 6.45) is 2.75. The summed E-state index contributed by atoms with van der Waals surface area (Å²) in [5, 5.41) is 10.8. The summed E-state index contributed by atoms with van der Waals surface area (Å²) in [4.78, 5) is 31.8. The third-order valence-electron chi connectivity index (χ3n) is 5.23. The van der Waals surface area contributed by atoms with Gasteiger partial charge < -0.3 is 19.3 Å². The Morgan fingerprint density at radius 3 is 2.93 bits per heavy atom. The molecular formula is C20H15F2N3O4S. The van der Waals surface area contributed by atoms with E-state index < -0.39 is 34.9 Å².